The van der Waals surface area contributed by atoms with Crippen LogP contribution < -0.4 is 5.73 Å². The van der Waals surface area contributed by atoms with Crippen LogP contribution in [0.2, 0.25) is 0 Å². The summed E-state index contributed by atoms with van der Waals surface area (Å²) in [5.41, 5.74) is 5.82. The first-order chi connectivity index (χ1) is 7.00. The second kappa shape index (κ2) is 5.28. The molecule has 3 nitrogen and oxygen atoms in total. The fraction of sp³-hybridized carbons (Fsp3) is 1.00. The van der Waals surface area contributed by atoms with Crippen molar-refractivity contribution in [2.24, 2.45) is 5.73 Å². The van der Waals surface area contributed by atoms with Gasteiger partial charge in [0, 0.05) is 25.7 Å². The maximum absolute atomic E-state index is 5.88. The Labute approximate surface area is 94.0 Å². The molecule has 1 saturated heterocycles. The maximum atomic E-state index is 5.88. The molecule has 15 heavy (non-hydrogen) atoms. The van der Waals surface area contributed by atoms with Crippen LogP contribution in [0.4, 0.5) is 0 Å². The first kappa shape index (κ1) is 12.9. The topological polar surface area (TPSA) is 38.5 Å². The Bertz CT molecular complexity index is 194. The van der Waals surface area contributed by atoms with Crippen molar-refractivity contribution < 1.29 is 4.74 Å². The fourth-order valence-electron chi connectivity index (χ4n) is 2.48. The van der Waals surface area contributed by atoms with Crippen molar-refractivity contribution >= 4 is 0 Å². The van der Waals surface area contributed by atoms with Gasteiger partial charge in [0.25, 0.3) is 0 Å². The third-order valence-corrected chi connectivity index (χ3v) is 3.63. The van der Waals surface area contributed by atoms with Crippen molar-refractivity contribution in [2.45, 2.75) is 57.7 Å². The molecule has 0 saturated carbocycles. The van der Waals surface area contributed by atoms with E-state index in [2.05, 4.69) is 25.7 Å². The minimum Gasteiger partial charge on any atom is -0.379 e. The molecule has 2 atom stereocenters. The molecule has 0 radical (unpaired) electrons. The highest BCUT2D eigenvalue weighted by molar-refractivity contribution is 4.87. The Hall–Kier alpha value is -0.120. The molecule has 1 fully saturated rings. The van der Waals surface area contributed by atoms with E-state index in [9.17, 15) is 0 Å². The predicted octanol–water partition coefficient (Wildman–Crippen LogP) is 1.61. The summed E-state index contributed by atoms with van der Waals surface area (Å²) in [7, 11) is 1.78. The van der Waals surface area contributed by atoms with Crippen LogP contribution in [0.5, 0.6) is 0 Å². The molecule has 1 aliphatic heterocycles. The number of likely N-dealkylation sites (tertiary alicyclic amines) is 1. The summed E-state index contributed by atoms with van der Waals surface area (Å²) in [6.07, 6.45) is 3.64. The highest BCUT2D eigenvalue weighted by atomic mass is 16.5. The number of hydrogen-bond donors (Lipinski definition) is 1. The van der Waals surface area contributed by atoms with Crippen LogP contribution in [0.3, 0.4) is 0 Å². The largest absolute Gasteiger partial charge is 0.379 e. The van der Waals surface area contributed by atoms with Crippen molar-refractivity contribution in [1.29, 1.82) is 0 Å². The van der Waals surface area contributed by atoms with Crippen molar-refractivity contribution in [1.82, 2.24) is 4.90 Å². The van der Waals surface area contributed by atoms with Crippen LogP contribution in [0.15, 0.2) is 0 Å². The Morgan fingerprint density at radius 3 is 2.60 bits per heavy atom. The normalized spacial score (nSPS) is 25.8. The number of nitrogens with zero attached hydrogens (tertiary/aromatic N) is 1. The lowest BCUT2D eigenvalue weighted by atomic mass is 9.97. The Morgan fingerprint density at radius 2 is 2.20 bits per heavy atom. The maximum Gasteiger partial charge on any atom is 0.0638 e. The molecule has 0 aliphatic carbocycles. The number of hydrogen-bond acceptors (Lipinski definition) is 3. The Balaban J connectivity index is 2.55. The molecule has 0 aromatic heterocycles. The first-order valence-electron chi connectivity index (χ1n) is 6.01. The van der Waals surface area contributed by atoms with Gasteiger partial charge in [-0.25, -0.2) is 0 Å². The van der Waals surface area contributed by atoms with Gasteiger partial charge in [0.2, 0.25) is 0 Å². The summed E-state index contributed by atoms with van der Waals surface area (Å²) in [6.45, 7) is 8.50. The van der Waals surface area contributed by atoms with Crippen LogP contribution in [-0.2, 0) is 4.74 Å². The zero-order chi connectivity index (χ0) is 11.5. The van der Waals surface area contributed by atoms with E-state index < -0.39 is 0 Å². The van der Waals surface area contributed by atoms with Crippen molar-refractivity contribution in [2.75, 3.05) is 20.2 Å². The lowest BCUT2D eigenvalue weighted by Gasteiger charge is -2.35. The molecule has 0 aromatic carbocycles. The molecule has 3 heteroatoms. The number of ether oxygens (including phenoxy) is 1. The molecule has 1 aliphatic rings. The van der Waals surface area contributed by atoms with Crippen LogP contribution in [0.25, 0.3) is 0 Å². The highest BCUT2D eigenvalue weighted by Crippen LogP contribution is 2.25. The molecule has 0 spiro atoms. The average molecular weight is 214 g/mol. The second-order valence-electron chi connectivity index (χ2n) is 5.29. The molecule has 2 N–H and O–H groups in total. The first-order valence-corrected chi connectivity index (χ1v) is 6.01. The van der Waals surface area contributed by atoms with E-state index in [0.717, 1.165) is 13.0 Å². The van der Waals surface area contributed by atoms with E-state index in [1.54, 1.807) is 7.11 Å². The summed E-state index contributed by atoms with van der Waals surface area (Å²) in [5, 5.41) is 0. The molecule has 0 aromatic rings. The van der Waals surface area contributed by atoms with Crippen LogP contribution in [-0.4, -0.2) is 42.8 Å². The molecule has 0 amide bonds. The van der Waals surface area contributed by atoms with E-state index in [-0.39, 0.29) is 5.60 Å². The quantitative estimate of drug-likeness (QED) is 0.755. The van der Waals surface area contributed by atoms with Gasteiger partial charge in [-0.1, -0.05) is 0 Å². The summed E-state index contributed by atoms with van der Waals surface area (Å²) in [5.74, 6) is 0. The summed E-state index contributed by atoms with van der Waals surface area (Å²) >= 11 is 0. The Kier molecular flexibility index (Phi) is 4.56. The SMILES string of the molecule is COC(C)(C)CC(CN)N1CCCC1C. The van der Waals surface area contributed by atoms with Gasteiger partial charge in [-0.2, -0.15) is 0 Å². The van der Waals surface area contributed by atoms with Gasteiger partial charge in [0.1, 0.15) is 0 Å². The van der Waals surface area contributed by atoms with Gasteiger partial charge in [-0.3, -0.25) is 4.90 Å². The van der Waals surface area contributed by atoms with Gasteiger partial charge < -0.3 is 10.5 Å². The molecule has 1 heterocycles. The number of methoxy groups -OCH3 is 1. The summed E-state index contributed by atoms with van der Waals surface area (Å²) < 4.78 is 5.48. The van der Waals surface area contributed by atoms with Gasteiger partial charge in [0.05, 0.1) is 5.60 Å². The van der Waals surface area contributed by atoms with Crippen molar-refractivity contribution in [3.63, 3.8) is 0 Å². The molecule has 2 unspecified atom stereocenters. The van der Waals surface area contributed by atoms with Gasteiger partial charge >= 0.3 is 0 Å². The standard InChI is InChI=1S/C12H26N2O/c1-10-6-5-7-14(10)11(9-13)8-12(2,3)15-4/h10-11H,5-9,13H2,1-4H3. The van der Waals surface area contributed by atoms with E-state index in [1.165, 1.54) is 19.4 Å². The molecule has 90 valence electrons. The number of nitrogens with two attached hydrogens (primary N) is 1. The summed E-state index contributed by atoms with van der Waals surface area (Å²) in [6, 6.07) is 1.16. The van der Waals surface area contributed by atoms with Gasteiger partial charge in [0.15, 0.2) is 0 Å². The minimum absolute atomic E-state index is 0.0631. The van der Waals surface area contributed by atoms with Crippen LogP contribution >= 0.6 is 0 Å². The molecule has 1 rings (SSSR count). The third-order valence-electron chi connectivity index (χ3n) is 3.63. The lowest BCUT2D eigenvalue weighted by Crippen LogP contribution is -2.46. The monoisotopic (exact) mass is 214 g/mol. The van der Waals surface area contributed by atoms with Gasteiger partial charge in [-0.05, 0) is 46.6 Å². The fourth-order valence-corrected chi connectivity index (χ4v) is 2.48. The summed E-state index contributed by atoms with van der Waals surface area (Å²) in [4.78, 5) is 2.54. The second-order valence-corrected chi connectivity index (χ2v) is 5.29. The van der Waals surface area contributed by atoms with E-state index in [0.29, 0.717) is 12.1 Å². The average Bonchev–Trinajstić information content (AvgIpc) is 2.61. The van der Waals surface area contributed by atoms with Crippen molar-refractivity contribution in [3.8, 4) is 0 Å². The molecule has 0 bridgehead atoms. The third kappa shape index (κ3) is 3.44. The van der Waals surface area contributed by atoms with Crippen LogP contribution in [0, 0.1) is 0 Å². The lowest BCUT2D eigenvalue weighted by molar-refractivity contribution is -0.00854. The van der Waals surface area contributed by atoms with E-state index in [4.69, 9.17) is 10.5 Å². The zero-order valence-electron chi connectivity index (χ0n) is 10.6. The highest BCUT2D eigenvalue weighted by Gasteiger charge is 2.31. The van der Waals surface area contributed by atoms with Crippen molar-refractivity contribution in [3.05, 3.63) is 0 Å². The van der Waals surface area contributed by atoms with E-state index in [1.807, 2.05) is 0 Å². The molecular formula is C12H26N2O. The molecular weight excluding hydrogens is 188 g/mol. The smallest absolute Gasteiger partial charge is 0.0638 e. The van der Waals surface area contributed by atoms with Gasteiger partial charge in [-0.15, -0.1) is 0 Å². The minimum atomic E-state index is -0.0631. The predicted molar refractivity (Wildman–Crippen MR) is 63.9 cm³/mol. The van der Waals surface area contributed by atoms with E-state index >= 15 is 0 Å². The number of rotatable bonds is 5. The van der Waals surface area contributed by atoms with Crippen LogP contribution in [0.1, 0.15) is 40.0 Å². The zero-order valence-corrected chi connectivity index (χ0v) is 10.6. The Morgan fingerprint density at radius 1 is 1.53 bits per heavy atom.